The van der Waals surface area contributed by atoms with E-state index in [0.29, 0.717) is 11.1 Å². The number of H-pyrrole nitrogens is 2. The van der Waals surface area contributed by atoms with E-state index in [2.05, 4.69) is 10.2 Å². The Morgan fingerprint density at radius 1 is 0.667 bits per heavy atom. The van der Waals surface area contributed by atoms with Gasteiger partial charge in [0.2, 0.25) is 0 Å². The summed E-state index contributed by atoms with van der Waals surface area (Å²) in [5.74, 6) is 0. The van der Waals surface area contributed by atoms with Gasteiger partial charge in [0.1, 0.15) is 0 Å². The minimum absolute atomic E-state index is 0.134. The van der Waals surface area contributed by atoms with E-state index >= 15 is 0 Å². The second-order valence-corrected chi connectivity index (χ2v) is 6.56. The first-order chi connectivity index (χ1) is 13.1. The van der Waals surface area contributed by atoms with Crippen molar-refractivity contribution < 1.29 is 0 Å². The standard InChI is InChI=1S/C21H20N4O2/c1-14-18(20(26)24(22-14)16-9-5-3-6-10-16)13-19-15(2)23-25(21(19)27)17-11-7-4-8-12-17/h3-12,22-23H,13H2,1-2H3. The summed E-state index contributed by atoms with van der Waals surface area (Å²) in [6.45, 7) is 3.71. The second kappa shape index (κ2) is 6.64. The van der Waals surface area contributed by atoms with E-state index < -0.39 is 0 Å². The summed E-state index contributed by atoms with van der Waals surface area (Å²) in [5, 5.41) is 6.22. The SMILES string of the molecule is Cc1[nH]n(-c2ccccc2)c(=O)c1Cc1c(C)[nH]n(-c2ccccc2)c1=O. The molecule has 4 rings (SSSR count). The van der Waals surface area contributed by atoms with E-state index in [1.54, 1.807) is 0 Å². The molecule has 0 amide bonds. The molecule has 2 aromatic carbocycles. The maximum atomic E-state index is 12.9. The molecular weight excluding hydrogens is 340 g/mol. The van der Waals surface area contributed by atoms with E-state index in [0.717, 1.165) is 22.8 Å². The molecule has 0 bridgehead atoms. The van der Waals surface area contributed by atoms with Crippen LogP contribution in [0.2, 0.25) is 0 Å². The summed E-state index contributed by atoms with van der Waals surface area (Å²) < 4.78 is 3.03. The van der Waals surface area contributed by atoms with Crippen LogP contribution in [0.5, 0.6) is 0 Å². The van der Waals surface area contributed by atoms with Gasteiger partial charge < -0.3 is 0 Å². The Balaban J connectivity index is 1.76. The summed E-state index contributed by atoms with van der Waals surface area (Å²) >= 11 is 0. The normalized spacial score (nSPS) is 11.0. The molecule has 0 atom stereocenters. The number of aromatic nitrogens is 4. The Labute approximate surface area is 155 Å². The molecule has 2 N–H and O–H groups in total. The van der Waals surface area contributed by atoms with Crippen LogP contribution >= 0.6 is 0 Å². The molecule has 0 saturated carbocycles. The fourth-order valence-electron chi connectivity index (χ4n) is 3.27. The third-order valence-corrected chi connectivity index (χ3v) is 4.77. The Bertz CT molecular complexity index is 1100. The van der Waals surface area contributed by atoms with Crippen LogP contribution in [-0.4, -0.2) is 19.6 Å². The van der Waals surface area contributed by atoms with Crippen molar-refractivity contribution in [3.8, 4) is 11.4 Å². The van der Waals surface area contributed by atoms with Crippen molar-refractivity contribution in [2.45, 2.75) is 20.3 Å². The highest BCUT2D eigenvalue weighted by atomic mass is 16.1. The number of rotatable bonds is 4. The van der Waals surface area contributed by atoms with Crippen molar-refractivity contribution in [3.63, 3.8) is 0 Å². The van der Waals surface area contributed by atoms with E-state index in [-0.39, 0.29) is 17.5 Å². The molecule has 2 aromatic heterocycles. The van der Waals surface area contributed by atoms with E-state index in [1.807, 2.05) is 74.5 Å². The van der Waals surface area contributed by atoms with Crippen LogP contribution in [0, 0.1) is 13.8 Å². The molecule has 6 heteroatoms. The third kappa shape index (κ3) is 2.95. The molecule has 0 unspecified atom stereocenters. The van der Waals surface area contributed by atoms with Crippen LogP contribution in [0.4, 0.5) is 0 Å². The highest BCUT2D eigenvalue weighted by Gasteiger charge is 2.18. The van der Waals surface area contributed by atoms with Crippen molar-refractivity contribution in [1.82, 2.24) is 19.6 Å². The van der Waals surface area contributed by atoms with Crippen molar-refractivity contribution in [3.05, 3.63) is 104 Å². The summed E-state index contributed by atoms with van der Waals surface area (Å²) in [5.41, 5.74) is 3.98. The quantitative estimate of drug-likeness (QED) is 0.587. The van der Waals surface area contributed by atoms with E-state index in [9.17, 15) is 9.59 Å². The number of nitrogens with one attached hydrogen (secondary N) is 2. The second-order valence-electron chi connectivity index (χ2n) is 6.56. The van der Waals surface area contributed by atoms with Gasteiger partial charge in [0.05, 0.1) is 11.4 Å². The average Bonchev–Trinajstić information content (AvgIpc) is 3.14. The van der Waals surface area contributed by atoms with Crippen molar-refractivity contribution in [2.75, 3.05) is 0 Å². The third-order valence-electron chi connectivity index (χ3n) is 4.77. The fraction of sp³-hybridized carbons (Fsp3) is 0.143. The summed E-state index contributed by atoms with van der Waals surface area (Å²) in [7, 11) is 0. The van der Waals surface area contributed by atoms with Gasteiger partial charge in [-0.2, -0.15) is 0 Å². The van der Waals surface area contributed by atoms with Gasteiger partial charge in [0, 0.05) is 28.9 Å². The zero-order chi connectivity index (χ0) is 19.0. The molecule has 2 heterocycles. The molecule has 0 aliphatic carbocycles. The molecular formula is C21H20N4O2. The Morgan fingerprint density at radius 3 is 1.41 bits per heavy atom. The number of benzene rings is 2. The van der Waals surface area contributed by atoms with Gasteiger partial charge >= 0.3 is 0 Å². The number of aromatic amines is 2. The fourth-order valence-corrected chi connectivity index (χ4v) is 3.27. The van der Waals surface area contributed by atoms with Crippen LogP contribution < -0.4 is 11.1 Å². The van der Waals surface area contributed by atoms with E-state index in [1.165, 1.54) is 9.36 Å². The molecule has 4 aromatic rings. The lowest BCUT2D eigenvalue weighted by atomic mass is 10.1. The molecule has 0 saturated heterocycles. The molecule has 27 heavy (non-hydrogen) atoms. The van der Waals surface area contributed by atoms with Crippen molar-refractivity contribution in [2.24, 2.45) is 0 Å². The Hall–Kier alpha value is -3.54. The van der Waals surface area contributed by atoms with Gasteiger partial charge in [-0.3, -0.25) is 19.8 Å². The minimum atomic E-state index is -0.134. The minimum Gasteiger partial charge on any atom is -0.295 e. The number of hydrogen-bond acceptors (Lipinski definition) is 2. The first-order valence-electron chi connectivity index (χ1n) is 8.78. The zero-order valence-corrected chi connectivity index (χ0v) is 15.2. The summed E-state index contributed by atoms with van der Waals surface area (Å²) in [4.78, 5) is 25.8. The topological polar surface area (TPSA) is 75.6 Å². The van der Waals surface area contributed by atoms with Crippen molar-refractivity contribution in [1.29, 1.82) is 0 Å². The van der Waals surface area contributed by atoms with Crippen LogP contribution in [0.3, 0.4) is 0 Å². The predicted octanol–water partition coefficient (Wildman–Crippen LogP) is 2.85. The summed E-state index contributed by atoms with van der Waals surface area (Å²) in [6.07, 6.45) is 0.280. The number of hydrogen-bond donors (Lipinski definition) is 2. The Kier molecular flexibility index (Phi) is 4.16. The smallest absolute Gasteiger partial charge is 0.274 e. The summed E-state index contributed by atoms with van der Waals surface area (Å²) in [6, 6.07) is 18.8. The van der Waals surface area contributed by atoms with Crippen LogP contribution in [0.25, 0.3) is 11.4 Å². The first-order valence-corrected chi connectivity index (χ1v) is 8.78. The lowest BCUT2D eigenvalue weighted by Crippen LogP contribution is -2.21. The number of aryl methyl sites for hydroxylation is 2. The van der Waals surface area contributed by atoms with Gasteiger partial charge in [-0.05, 0) is 38.1 Å². The largest absolute Gasteiger partial charge is 0.295 e. The van der Waals surface area contributed by atoms with Gasteiger partial charge in [0.25, 0.3) is 11.1 Å². The zero-order valence-electron chi connectivity index (χ0n) is 15.2. The predicted molar refractivity (Wildman–Crippen MR) is 105 cm³/mol. The average molecular weight is 360 g/mol. The molecule has 0 spiro atoms. The first kappa shape index (κ1) is 16.9. The van der Waals surface area contributed by atoms with Gasteiger partial charge in [-0.15, -0.1) is 0 Å². The highest BCUT2D eigenvalue weighted by Crippen LogP contribution is 2.13. The van der Waals surface area contributed by atoms with Gasteiger partial charge in [0.15, 0.2) is 0 Å². The van der Waals surface area contributed by atoms with Crippen LogP contribution in [-0.2, 0) is 6.42 Å². The molecule has 0 radical (unpaired) electrons. The van der Waals surface area contributed by atoms with Gasteiger partial charge in [-0.25, -0.2) is 9.36 Å². The lowest BCUT2D eigenvalue weighted by molar-refractivity contribution is 0.833. The maximum Gasteiger partial charge on any atom is 0.274 e. The highest BCUT2D eigenvalue weighted by molar-refractivity contribution is 5.37. The van der Waals surface area contributed by atoms with Crippen LogP contribution in [0.15, 0.2) is 70.3 Å². The molecule has 0 aliphatic rings. The van der Waals surface area contributed by atoms with Crippen molar-refractivity contribution >= 4 is 0 Å². The number of para-hydroxylation sites is 2. The van der Waals surface area contributed by atoms with E-state index in [4.69, 9.17) is 0 Å². The molecule has 136 valence electrons. The Morgan fingerprint density at radius 2 is 1.04 bits per heavy atom. The maximum absolute atomic E-state index is 12.9. The van der Waals surface area contributed by atoms with Gasteiger partial charge in [-0.1, -0.05) is 36.4 Å². The monoisotopic (exact) mass is 360 g/mol. The molecule has 6 nitrogen and oxygen atoms in total. The number of nitrogens with zero attached hydrogens (tertiary/aromatic N) is 2. The molecule has 0 aliphatic heterocycles. The molecule has 0 fully saturated rings. The lowest BCUT2D eigenvalue weighted by Gasteiger charge is -1.99. The van der Waals surface area contributed by atoms with Crippen LogP contribution in [0.1, 0.15) is 22.5 Å².